The molecule has 15 heavy (non-hydrogen) atoms. The summed E-state index contributed by atoms with van der Waals surface area (Å²) < 4.78 is 4.92. The summed E-state index contributed by atoms with van der Waals surface area (Å²) in [6.45, 7) is 4.07. The van der Waals surface area contributed by atoms with Crippen LogP contribution in [0.3, 0.4) is 0 Å². The summed E-state index contributed by atoms with van der Waals surface area (Å²) in [5.74, 6) is -0.0839. The average molecular weight is 210 g/mol. The highest BCUT2D eigenvalue weighted by Crippen LogP contribution is 2.01. The van der Waals surface area contributed by atoms with Crippen molar-refractivity contribution >= 4 is 11.9 Å². The Hall–Kier alpha value is -1.40. The van der Waals surface area contributed by atoms with Gasteiger partial charge in [0.2, 0.25) is 5.91 Å². The van der Waals surface area contributed by atoms with Crippen molar-refractivity contribution in [2.24, 2.45) is 0 Å². The molecule has 2 heterocycles. The second kappa shape index (κ2) is 4.90. The predicted octanol–water partition coefficient (Wildman–Crippen LogP) is -0.482. The number of nitrogens with one attached hydrogen (secondary N) is 2. The van der Waals surface area contributed by atoms with Crippen molar-refractivity contribution in [2.45, 2.75) is 0 Å². The Morgan fingerprint density at radius 2 is 2.40 bits per heavy atom. The first kappa shape index (κ1) is 10.1. The van der Waals surface area contributed by atoms with Gasteiger partial charge in [-0.2, -0.15) is 0 Å². The summed E-state index contributed by atoms with van der Waals surface area (Å²) in [6, 6.07) is 0.259. The molecule has 1 amide bonds. The standard InChI is InChI=1S/C9H14N4O2/c14-8(12-9-11-3-6-15-9)7-13-4-1-10-2-5-13/h3,6,10H,1-2,4-5,7H2,(H,11,12,14). The van der Waals surface area contributed by atoms with Crippen LogP contribution in [0.4, 0.5) is 6.01 Å². The molecule has 0 bridgehead atoms. The molecule has 0 spiro atoms. The number of nitrogens with zero attached hydrogens (tertiary/aromatic N) is 2. The third kappa shape index (κ3) is 3.03. The molecule has 1 aliphatic rings. The maximum absolute atomic E-state index is 11.5. The Morgan fingerprint density at radius 3 is 3.07 bits per heavy atom. The smallest absolute Gasteiger partial charge is 0.301 e. The normalized spacial score (nSPS) is 17.6. The Bertz CT molecular complexity index is 306. The quantitative estimate of drug-likeness (QED) is 0.705. The number of carbonyl (C=O) groups excluding carboxylic acids is 1. The molecule has 1 aromatic heterocycles. The lowest BCUT2D eigenvalue weighted by Crippen LogP contribution is -2.46. The number of carbonyl (C=O) groups is 1. The predicted molar refractivity (Wildman–Crippen MR) is 54.4 cm³/mol. The Labute approximate surface area is 87.7 Å². The van der Waals surface area contributed by atoms with Crippen molar-refractivity contribution in [3.8, 4) is 0 Å². The van der Waals surface area contributed by atoms with E-state index in [2.05, 4.69) is 20.5 Å². The molecule has 0 atom stereocenters. The van der Waals surface area contributed by atoms with E-state index in [4.69, 9.17) is 4.42 Å². The Morgan fingerprint density at radius 1 is 1.60 bits per heavy atom. The largest absolute Gasteiger partial charge is 0.432 e. The lowest BCUT2D eigenvalue weighted by atomic mass is 10.3. The van der Waals surface area contributed by atoms with Gasteiger partial charge in [-0.15, -0.1) is 0 Å². The summed E-state index contributed by atoms with van der Waals surface area (Å²) >= 11 is 0. The number of rotatable bonds is 3. The van der Waals surface area contributed by atoms with Crippen LogP contribution in [-0.4, -0.2) is 48.5 Å². The van der Waals surface area contributed by atoms with Gasteiger partial charge in [-0.05, 0) is 0 Å². The third-order valence-electron chi connectivity index (χ3n) is 2.26. The minimum Gasteiger partial charge on any atom is -0.432 e. The van der Waals surface area contributed by atoms with Gasteiger partial charge in [-0.25, -0.2) is 4.98 Å². The van der Waals surface area contributed by atoms with Crippen LogP contribution in [0.15, 0.2) is 16.9 Å². The maximum Gasteiger partial charge on any atom is 0.301 e. The van der Waals surface area contributed by atoms with E-state index in [1.54, 1.807) is 0 Å². The van der Waals surface area contributed by atoms with Crippen LogP contribution in [-0.2, 0) is 4.79 Å². The van der Waals surface area contributed by atoms with Crippen LogP contribution in [0.2, 0.25) is 0 Å². The second-order valence-corrected chi connectivity index (χ2v) is 3.41. The maximum atomic E-state index is 11.5. The number of anilines is 1. The van der Waals surface area contributed by atoms with Gasteiger partial charge in [0.1, 0.15) is 6.26 Å². The van der Waals surface area contributed by atoms with Gasteiger partial charge in [0.25, 0.3) is 0 Å². The number of hydrogen-bond donors (Lipinski definition) is 2. The monoisotopic (exact) mass is 210 g/mol. The van der Waals surface area contributed by atoms with Crippen molar-refractivity contribution in [3.63, 3.8) is 0 Å². The number of aromatic nitrogens is 1. The molecular formula is C9H14N4O2. The third-order valence-corrected chi connectivity index (χ3v) is 2.26. The number of hydrogen-bond acceptors (Lipinski definition) is 5. The minimum atomic E-state index is -0.0839. The van der Waals surface area contributed by atoms with Crippen LogP contribution < -0.4 is 10.6 Å². The topological polar surface area (TPSA) is 70.4 Å². The van der Waals surface area contributed by atoms with Crippen molar-refractivity contribution in [2.75, 3.05) is 38.0 Å². The molecule has 0 saturated carbocycles. The Kier molecular flexibility index (Phi) is 3.31. The summed E-state index contributed by atoms with van der Waals surface area (Å²) in [5, 5.41) is 5.82. The highest BCUT2D eigenvalue weighted by molar-refractivity contribution is 5.90. The van der Waals surface area contributed by atoms with Gasteiger partial charge in [0.15, 0.2) is 0 Å². The summed E-state index contributed by atoms with van der Waals surface area (Å²) in [5.41, 5.74) is 0. The average Bonchev–Trinajstić information content (AvgIpc) is 2.71. The van der Waals surface area contributed by atoms with Crippen LogP contribution in [0.5, 0.6) is 0 Å². The molecular weight excluding hydrogens is 196 g/mol. The molecule has 6 heteroatoms. The molecule has 6 nitrogen and oxygen atoms in total. The lowest BCUT2D eigenvalue weighted by molar-refractivity contribution is -0.117. The molecule has 2 N–H and O–H groups in total. The second-order valence-electron chi connectivity index (χ2n) is 3.41. The fourth-order valence-corrected chi connectivity index (χ4v) is 1.52. The molecule has 82 valence electrons. The van der Waals surface area contributed by atoms with E-state index in [0.29, 0.717) is 6.54 Å². The molecule has 1 fully saturated rings. The molecule has 0 radical (unpaired) electrons. The van der Waals surface area contributed by atoms with Gasteiger partial charge >= 0.3 is 6.01 Å². The molecule has 1 aliphatic heterocycles. The van der Waals surface area contributed by atoms with Crippen LogP contribution in [0.1, 0.15) is 0 Å². The van der Waals surface area contributed by atoms with E-state index in [0.717, 1.165) is 26.2 Å². The first-order valence-electron chi connectivity index (χ1n) is 4.97. The first-order valence-corrected chi connectivity index (χ1v) is 4.97. The lowest BCUT2D eigenvalue weighted by Gasteiger charge is -2.26. The van der Waals surface area contributed by atoms with Gasteiger partial charge in [-0.3, -0.25) is 15.0 Å². The molecule has 1 saturated heterocycles. The van der Waals surface area contributed by atoms with E-state index in [1.165, 1.54) is 12.5 Å². The highest BCUT2D eigenvalue weighted by atomic mass is 16.4. The zero-order valence-electron chi connectivity index (χ0n) is 8.40. The number of oxazole rings is 1. The zero-order chi connectivity index (χ0) is 10.5. The minimum absolute atomic E-state index is 0.0839. The zero-order valence-corrected chi connectivity index (χ0v) is 8.40. The van der Waals surface area contributed by atoms with E-state index in [-0.39, 0.29) is 11.9 Å². The molecule has 1 aromatic rings. The Balaban J connectivity index is 1.76. The molecule has 2 rings (SSSR count). The summed E-state index contributed by atoms with van der Waals surface area (Å²) in [4.78, 5) is 17.4. The van der Waals surface area contributed by atoms with E-state index < -0.39 is 0 Å². The van der Waals surface area contributed by atoms with E-state index >= 15 is 0 Å². The van der Waals surface area contributed by atoms with Crippen molar-refractivity contribution in [3.05, 3.63) is 12.5 Å². The molecule has 0 unspecified atom stereocenters. The first-order chi connectivity index (χ1) is 7.34. The van der Waals surface area contributed by atoms with Crippen molar-refractivity contribution < 1.29 is 9.21 Å². The van der Waals surface area contributed by atoms with E-state index in [1.807, 2.05) is 0 Å². The summed E-state index contributed by atoms with van der Waals surface area (Å²) in [7, 11) is 0. The number of piperazine rings is 1. The van der Waals surface area contributed by atoms with Crippen LogP contribution in [0, 0.1) is 0 Å². The highest BCUT2D eigenvalue weighted by Gasteiger charge is 2.14. The fraction of sp³-hybridized carbons (Fsp3) is 0.556. The van der Waals surface area contributed by atoms with Crippen molar-refractivity contribution in [1.29, 1.82) is 0 Å². The molecule has 0 aliphatic carbocycles. The molecule has 0 aromatic carbocycles. The van der Waals surface area contributed by atoms with E-state index in [9.17, 15) is 4.79 Å². The van der Waals surface area contributed by atoms with Gasteiger partial charge in [-0.1, -0.05) is 0 Å². The van der Waals surface area contributed by atoms with Gasteiger partial charge < -0.3 is 9.73 Å². The van der Waals surface area contributed by atoms with Gasteiger partial charge in [0, 0.05) is 26.2 Å². The van der Waals surface area contributed by atoms with Gasteiger partial charge in [0.05, 0.1) is 12.7 Å². The fourth-order valence-electron chi connectivity index (χ4n) is 1.52. The number of amides is 1. The SMILES string of the molecule is O=C(CN1CCNCC1)Nc1ncco1. The van der Waals surface area contributed by atoms with Crippen LogP contribution >= 0.6 is 0 Å². The van der Waals surface area contributed by atoms with Crippen molar-refractivity contribution in [1.82, 2.24) is 15.2 Å². The summed E-state index contributed by atoms with van der Waals surface area (Å²) in [6.07, 6.45) is 2.93. The van der Waals surface area contributed by atoms with Crippen LogP contribution in [0.25, 0.3) is 0 Å².